The second-order valence-electron chi connectivity index (χ2n) is 7.45. The van der Waals surface area contributed by atoms with E-state index in [9.17, 15) is 18.5 Å². The van der Waals surface area contributed by atoms with Crippen molar-refractivity contribution in [2.24, 2.45) is 0 Å². The van der Waals surface area contributed by atoms with Crippen molar-refractivity contribution < 1.29 is 22.6 Å². The highest BCUT2D eigenvalue weighted by molar-refractivity contribution is 7.85. The number of likely N-dealkylation sites (N-methyl/N-ethyl adjacent to an activating group) is 1. The maximum absolute atomic E-state index is 11.6. The van der Waals surface area contributed by atoms with E-state index in [1.165, 1.54) is 0 Å². The van der Waals surface area contributed by atoms with E-state index in [1.54, 1.807) is 19.2 Å². The van der Waals surface area contributed by atoms with Crippen LogP contribution in [-0.4, -0.2) is 65.6 Å². The Hall–Kier alpha value is -3.22. The molecule has 0 saturated heterocycles. The summed E-state index contributed by atoms with van der Waals surface area (Å²) in [6, 6.07) is 9.04. The van der Waals surface area contributed by atoms with Crippen LogP contribution in [0, 0.1) is 10.1 Å². The molecule has 0 saturated carbocycles. The van der Waals surface area contributed by atoms with Crippen LogP contribution in [0.3, 0.4) is 0 Å². The number of fused-ring (bicyclic) bond motifs is 2. The highest BCUT2D eigenvalue weighted by Crippen LogP contribution is 2.49. The maximum atomic E-state index is 11.6. The van der Waals surface area contributed by atoms with Gasteiger partial charge >= 0.3 is 0 Å². The Balaban J connectivity index is 0.000000555. The third-order valence-corrected chi connectivity index (χ3v) is 5.37. The first-order chi connectivity index (χ1) is 15.6. The van der Waals surface area contributed by atoms with Crippen LogP contribution in [0.25, 0.3) is 22.2 Å². The van der Waals surface area contributed by atoms with Gasteiger partial charge in [0, 0.05) is 18.2 Å². The van der Waals surface area contributed by atoms with Gasteiger partial charge in [0.2, 0.25) is 0 Å². The van der Waals surface area contributed by atoms with Crippen LogP contribution in [0.15, 0.2) is 30.3 Å². The predicted molar refractivity (Wildman–Crippen MR) is 127 cm³/mol. The molecule has 0 fully saturated rings. The standard InChI is InChI=1S/C20H23N5O3.CH4O3S/c1-4-23(5-2)11-12-24-14-9-10-15(25(26)27)20-17(14)19(22-24)13-7-6-8-16(28-3)18(13)21-20;1-5(2,3)4/h6-10,21H,4-5,11-12H2,1-3H3;1H3,(H,2,3,4). The lowest BCUT2D eigenvalue weighted by molar-refractivity contribution is -0.383. The minimum Gasteiger partial charge on any atom is -0.495 e. The quantitative estimate of drug-likeness (QED) is 0.232. The largest absolute Gasteiger partial charge is 0.495 e. The van der Waals surface area contributed by atoms with Crippen molar-refractivity contribution in [3.05, 3.63) is 40.4 Å². The number of rotatable bonds is 7. The molecule has 1 aliphatic heterocycles. The molecular formula is C21H27N5O6S. The zero-order valence-corrected chi connectivity index (χ0v) is 19.7. The van der Waals surface area contributed by atoms with E-state index in [2.05, 4.69) is 24.1 Å². The average Bonchev–Trinajstić information content (AvgIpc) is 3.13. The van der Waals surface area contributed by atoms with Crippen molar-refractivity contribution in [1.29, 1.82) is 0 Å². The molecule has 3 aromatic rings. The lowest BCUT2D eigenvalue weighted by Gasteiger charge is -2.20. The molecule has 178 valence electrons. The first-order valence-corrected chi connectivity index (χ1v) is 12.2. The zero-order chi connectivity index (χ0) is 24.3. The van der Waals surface area contributed by atoms with Gasteiger partial charge in [0.25, 0.3) is 15.8 Å². The first kappa shape index (κ1) is 24.4. The Labute approximate surface area is 191 Å². The Bertz CT molecular complexity index is 1280. The van der Waals surface area contributed by atoms with E-state index >= 15 is 0 Å². The van der Waals surface area contributed by atoms with E-state index in [4.69, 9.17) is 14.4 Å². The lowest BCUT2D eigenvalue weighted by Crippen LogP contribution is -2.27. The van der Waals surface area contributed by atoms with E-state index < -0.39 is 10.1 Å². The number of aromatic nitrogens is 2. The van der Waals surface area contributed by atoms with Gasteiger partial charge in [-0.25, -0.2) is 0 Å². The van der Waals surface area contributed by atoms with Crippen molar-refractivity contribution in [3.8, 4) is 17.0 Å². The Morgan fingerprint density at radius 1 is 1.21 bits per heavy atom. The van der Waals surface area contributed by atoms with Crippen LogP contribution in [0.5, 0.6) is 5.75 Å². The average molecular weight is 478 g/mol. The molecule has 11 nitrogen and oxygen atoms in total. The third kappa shape index (κ3) is 5.24. The normalized spacial score (nSPS) is 12.1. The van der Waals surface area contributed by atoms with Crippen LogP contribution in [0.4, 0.5) is 17.1 Å². The SMILES string of the molecule is CCN(CC)CCn1nc2c3c(c([N+](=O)[O-])ccc31)Nc1c(OC)cccc1-2.CS(=O)(=O)O. The number of nitro groups is 1. The number of nitro benzene ring substituents is 1. The number of ether oxygens (including phenoxy) is 1. The Morgan fingerprint density at radius 2 is 1.88 bits per heavy atom. The third-order valence-electron chi connectivity index (χ3n) is 5.37. The van der Waals surface area contributed by atoms with Gasteiger partial charge in [-0.15, -0.1) is 0 Å². The highest BCUT2D eigenvalue weighted by Gasteiger charge is 2.30. The Kier molecular flexibility index (Phi) is 7.20. The van der Waals surface area contributed by atoms with Gasteiger partial charge in [-0.05, 0) is 25.2 Å². The number of benzene rings is 2. The van der Waals surface area contributed by atoms with Gasteiger partial charge < -0.3 is 15.0 Å². The van der Waals surface area contributed by atoms with Crippen LogP contribution in [0.1, 0.15) is 13.8 Å². The molecule has 12 heteroatoms. The summed E-state index contributed by atoms with van der Waals surface area (Å²) in [5, 5.41) is 20.5. The number of para-hydroxylation sites is 1. The number of nitrogens with one attached hydrogen (secondary N) is 1. The van der Waals surface area contributed by atoms with E-state index in [-0.39, 0.29) is 10.6 Å². The summed E-state index contributed by atoms with van der Waals surface area (Å²) >= 11 is 0. The lowest BCUT2D eigenvalue weighted by atomic mass is 9.99. The van der Waals surface area contributed by atoms with Gasteiger partial charge in [0.1, 0.15) is 17.1 Å². The summed E-state index contributed by atoms with van der Waals surface area (Å²) in [6.07, 6.45) is 0.715. The fraction of sp³-hybridized carbons (Fsp3) is 0.381. The number of methoxy groups -OCH3 is 1. The van der Waals surface area contributed by atoms with Gasteiger partial charge in [-0.1, -0.05) is 26.0 Å². The van der Waals surface area contributed by atoms with E-state index in [1.807, 2.05) is 22.9 Å². The minimum absolute atomic E-state index is 0.0357. The molecule has 0 unspecified atom stereocenters. The van der Waals surface area contributed by atoms with E-state index in [0.717, 1.165) is 41.8 Å². The van der Waals surface area contributed by atoms with Crippen LogP contribution < -0.4 is 10.1 Å². The van der Waals surface area contributed by atoms with Gasteiger partial charge in [-0.3, -0.25) is 19.3 Å². The summed E-state index contributed by atoms with van der Waals surface area (Å²) in [4.78, 5) is 13.6. The van der Waals surface area contributed by atoms with Crippen LogP contribution in [0.2, 0.25) is 0 Å². The fourth-order valence-electron chi connectivity index (χ4n) is 3.83. The summed E-state index contributed by atoms with van der Waals surface area (Å²) in [5.74, 6) is 0.632. The molecule has 4 rings (SSSR count). The van der Waals surface area contributed by atoms with Crippen molar-refractivity contribution in [3.63, 3.8) is 0 Å². The van der Waals surface area contributed by atoms with Crippen molar-refractivity contribution in [2.45, 2.75) is 20.4 Å². The van der Waals surface area contributed by atoms with Crippen molar-refractivity contribution in [1.82, 2.24) is 14.7 Å². The molecule has 0 atom stereocenters. The molecule has 0 spiro atoms. The molecule has 0 aliphatic carbocycles. The highest BCUT2D eigenvalue weighted by atomic mass is 32.2. The molecule has 0 radical (unpaired) electrons. The second kappa shape index (κ2) is 9.73. The number of nitrogens with zero attached hydrogens (tertiary/aromatic N) is 4. The van der Waals surface area contributed by atoms with Crippen molar-refractivity contribution >= 4 is 38.1 Å². The first-order valence-electron chi connectivity index (χ1n) is 10.4. The second-order valence-corrected chi connectivity index (χ2v) is 8.92. The Morgan fingerprint density at radius 3 is 2.45 bits per heavy atom. The van der Waals surface area contributed by atoms with Crippen LogP contribution in [-0.2, 0) is 16.7 Å². The topological polar surface area (TPSA) is 140 Å². The summed E-state index contributed by atoms with van der Waals surface area (Å²) < 4.78 is 33.3. The minimum atomic E-state index is -3.67. The van der Waals surface area contributed by atoms with Crippen LogP contribution >= 0.6 is 0 Å². The molecule has 0 bridgehead atoms. The molecule has 1 aliphatic rings. The summed E-state index contributed by atoms with van der Waals surface area (Å²) in [6.45, 7) is 7.81. The number of hydrogen-bond acceptors (Lipinski definition) is 8. The summed E-state index contributed by atoms with van der Waals surface area (Å²) in [7, 11) is -2.08. The predicted octanol–water partition coefficient (Wildman–Crippen LogP) is 3.52. The van der Waals surface area contributed by atoms with E-state index in [0.29, 0.717) is 29.9 Å². The number of hydrogen-bond donors (Lipinski definition) is 2. The molecule has 1 aromatic heterocycles. The molecule has 2 heterocycles. The van der Waals surface area contributed by atoms with Gasteiger partial charge in [0.15, 0.2) is 0 Å². The molecule has 2 aromatic carbocycles. The fourth-order valence-corrected chi connectivity index (χ4v) is 3.83. The molecule has 33 heavy (non-hydrogen) atoms. The van der Waals surface area contributed by atoms with Gasteiger partial charge in [-0.2, -0.15) is 13.5 Å². The monoisotopic (exact) mass is 477 g/mol. The summed E-state index contributed by atoms with van der Waals surface area (Å²) in [5.41, 5.74) is 3.75. The molecule has 0 amide bonds. The molecular weight excluding hydrogens is 450 g/mol. The number of anilines is 2. The zero-order valence-electron chi connectivity index (χ0n) is 18.9. The smallest absolute Gasteiger partial charge is 0.293 e. The maximum Gasteiger partial charge on any atom is 0.293 e. The molecule has 2 N–H and O–H groups in total. The van der Waals surface area contributed by atoms with Gasteiger partial charge in [0.05, 0.1) is 41.4 Å². The van der Waals surface area contributed by atoms with Crippen molar-refractivity contribution in [2.75, 3.05) is 38.3 Å².